The molecule has 0 radical (unpaired) electrons. The molecule has 0 aliphatic carbocycles. The average Bonchev–Trinajstić information content (AvgIpc) is 2.80. The number of amides is 1. The van der Waals surface area contributed by atoms with Crippen molar-refractivity contribution in [2.45, 2.75) is 39.2 Å². The number of benzene rings is 1. The van der Waals surface area contributed by atoms with Crippen molar-refractivity contribution in [2.24, 2.45) is 0 Å². The maximum Gasteiger partial charge on any atom is 0.243 e. The first-order valence-electron chi connectivity index (χ1n) is 6.29. The summed E-state index contributed by atoms with van der Waals surface area (Å²) < 4.78 is 10.5. The molecule has 19 heavy (non-hydrogen) atoms. The third-order valence-electron chi connectivity index (χ3n) is 2.55. The van der Waals surface area contributed by atoms with E-state index in [-0.39, 0.29) is 18.3 Å². The van der Waals surface area contributed by atoms with Crippen molar-refractivity contribution >= 4 is 5.91 Å². The zero-order valence-electron chi connectivity index (χ0n) is 11.5. The summed E-state index contributed by atoms with van der Waals surface area (Å²) in [6, 6.07) is 5.70. The third kappa shape index (κ3) is 4.13. The Morgan fingerprint density at radius 1 is 1.32 bits per heavy atom. The molecule has 1 aliphatic heterocycles. The Morgan fingerprint density at radius 2 is 2.05 bits per heavy atom. The van der Waals surface area contributed by atoms with Crippen LogP contribution < -0.4 is 15.0 Å². The summed E-state index contributed by atoms with van der Waals surface area (Å²) in [4.78, 5) is 16.8. The number of aryl methyl sites for hydroxylation is 1. The molecular formula is C14H19NO4. The van der Waals surface area contributed by atoms with Gasteiger partial charge in [-0.1, -0.05) is 6.07 Å². The van der Waals surface area contributed by atoms with Crippen LogP contribution in [0.25, 0.3) is 0 Å². The van der Waals surface area contributed by atoms with Gasteiger partial charge < -0.3 is 9.47 Å². The van der Waals surface area contributed by atoms with E-state index in [1.54, 1.807) is 0 Å². The van der Waals surface area contributed by atoms with E-state index in [0.717, 1.165) is 17.1 Å². The van der Waals surface area contributed by atoms with E-state index in [2.05, 4.69) is 5.48 Å². The van der Waals surface area contributed by atoms with E-state index in [0.29, 0.717) is 12.8 Å². The molecule has 5 heteroatoms. The highest BCUT2D eigenvalue weighted by atomic mass is 16.7. The Balaban J connectivity index is 1.81. The average molecular weight is 265 g/mol. The Hall–Kier alpha value is -1.75. The first-order chi connectivity index (χ1) is 8.94. The zero-order valence-corrected chi connectivity index (χ0v) is 11.5. The smallest absolute Gasteiger partial charge is 0.243 e. The number of nitrogens with one attached hydrogen (secondary N) is 1. The highest BCUT2D eigenvalue weighted by molar-refractivity contribution is 5.75. The minimum absolute atomic E-state index is 0.132. The maximum atomic E-state index is 11.6. The molecule has 1 aromatic rings. The van der Waals surface area contributed by atoms with Crippen LogP contribution in [0.3, 0.4) is 0 Å². The predicted molar refractivity (Wildman–Crippen MR) is 69.9 cm³/mol. The number of fused-ring (bicyclic) bond motifs is 1. The second-order valence-electron chi connectivity index (χ2n) is 5.43. The Labute approximate surface area is 112 Å². The topological polar surface area (TPSA) is 56.8 Å². The molecule has 104 valence electrons. The molecule has 1 aromatic carbocycles. The van der Waals surface area contributed by atoms with Crippen LogP contribution in [0.4, 0.5) is 0 Å². The predicted octanol–water partition coefficient (Wildman–Crippen LogP) is 2.19. The van der Waals surface area contributed by atoms with E-state index < -0.39 is 0 Å². The fourth-order valence-corrected chi connectivity index (χ4v) is 1.62. The molecule has 2 rings (SSSR count). The second kappa shape index (κ2) is 5.48. The van der Waals surface area contributed by atoms with Crippen molar-refractivity contribution in [3.05, 3.63) is 23.8 Å². The van der Waals surface area contributed by atoms with E-state index in [4.69, 9.17) is 14.3 Å². The molecule has 0 aromatic heterocycles. The van der Waals surface area contributed by atoms with Gasteiger partial charge in [-0.25, -0.2) is 5.48 Å². The van der Waals surface area contributed by atoms with Crippen LogP contribution in [0.1, 0.15) is 32.8 Å². The molecule has 5 nitrogen and oxygen atoms in total. The molecule has 1 aliphatic rings. The van der Waals surface area contributed by atoms with Gasteiger partial charge in [0.1, 0.15) is 0 Å². The lowest BCUT2D eigenvalue weighted by Crippen LogP contribution is -2.33. The molecule has 1 amide bonds. The highest BCUT2D eigenvalue weighted by Crippen LogP contribution is 2.32. The Bertz CT molecular complexity index is 465. The van der Waals surface area contributed by atoms with Gasteiger partial charge in [0.25, 0.3) is 0 Å². The lowest BCUT2D eigenvalue weighted by Gasteiger charge is -2.18. The van der Waals surface area contributed by atoms with Crippen molar-refractivity contribution < 1.29 is 19.1 Å². The SMILES string of the molecule is CC(C)(C)ONC(=O)CCc1ccc2c(c1)OCO2. The van der Waals surface area contributed by atoms with Gasteiger partial charge in [0.05, 0.1) is 5.60 Å². The van der Waals surface area contributed by atoms with Gasteiger partial charge in [-0.05, 0) is 44.9 Å². The summed E-state index contributed by atoms with van der Waals surface area (Å²) in [7, 11) is 0. The van der Waals surface area contributed by atoms with Crippen molar-refractivity contribution in [3.63, 3.8) is 0 Å². The van der Waals surface area contributed by atoms with Crippen LogP contribution in [0.2, 0.25) is 0 Å². The Morgan fingerprint density at radius 3 is 2.79 bits per heavy atom. The highest BCUT2D eigenvalue weighted by Gasteiger charge is 2.15. The zero-order chi connectivity index (χ0) is 13.9. The van der Waals surface area contributed by atoms with Crippen LogP contribution in [-0.4, -0.2) is 18.3 Å². The van der Waals surface area contributed by atoms with Crippen molar-refractivity contribution in [1.82, 2.24) is 5.48 Å². The molecule has 0 unspecified atom stereocenters. The summed E-state index contributed by atoms with van der Waals surface area (Å²) in [6.45, 7) is 5.90. The van der Waals surface area contributed by atoms with Gasteiger partial charge in [0.15, 0.2) is 11.5 Å². The standard InChI is InChI=1S/C14H19NO4/c1-14(2,3)19-15-13(16)7-5-10-4-6-11-12(8-10)18-9-17-11/h4,6,8H,5,7,9H2,1-3H3,(H,15,16). The van der Waals surface area contributed by atoms with Gasteiger partial charge in [-0.15, -0.1) is 0 Å². The fourth-order valence-electron chi connectivity index (χ4n) is 1.62. The first kappa shape index (κ1) is 13.7. The quantitative estimate of drug-likeness (QED) is 0.848. The summed E-state index contributed by atoms with van der Waals surface area (Å²) >= 11 is 0. The minimum Gasteiger partial charge on any atom is -0.454 e. The molecule has 1 N–H and O–H groups in total. The summed E-state index contributed by atoms with van der Waals surface area (Å²) in [5.74, 6) is 1.36. The van der Waals surface area contributed by atoms with Gasteiger partial charge in [-0.3, -0.25) is 9.63 Å². The van der Waals surface area contributed by atoms with E-state index in [9.17, 15) is 4.79 Å². The molecular weight excluding hydrogens is 246 g/mol. The van der Waals surface area contributed by atoms with Gasteiger partial charge in [0, 0.05) is 6.42 Å². The lowest BCUT2D eigenvalue weighted by atomic mass is 10.1. The minimum atomic E-state index is -0.381. The van der Waals surface area contributed by atoms with Crippen LogP contribution in [0.5, 0.6) is 11.5 Å². The van der Waals surface area contributed by atoms with Crippen LogP contribution in [0, 0.1) is 0 Å². The van der Waals surface area contributed by atoms with Gasteiger partial charge in [-0.2, -0.15) is 0 Å². The molecule has 0 saturated carbocycles. The third-order valence-corrected chi connectivity index (χ3v) is 2.55. The number of ether oxygens (including phenoxy) is 2. The van der Waals surface area contributed by atoms with Crippen molar-refractivity contribution in [2.75, 3.05) is 6.79 Å². The maximum absolute atomic E-state index is 11.6. The van der Waals surface area contributed by atoms with Gasteiger partial charge >= 0.3 is 0 Å². The van der Waals surface area contributed by atoms with Crippen LogP contribution >= 0.6 is 0 Å². The van der Waals surface area contributed by atoms with E-state index in [1.165, 1.54) is 0 Å². The lowest BCUT2D eigenvalue weighted by molar-refractivity contribution is -0.145. The molecule has 0 fully saturated rings. The fraction of sp³-hybridized carbons (Fsp3) is 0.500. The van der Waals surface area contributed by atoms with Crippen LogP contribution in [0.15, 0.2) is 18.2 Å². The van der Waals surface area contributed by atoms with E-state index >= 15 is 0 Å². The molecule has 1 heterocycles. The summed E-state index contributed by atoms with van der Waals surface area (Å²) in [5, 5.41) is 0. The molecule has 0 atom stereocenters. The normalized spacial score (nSPS) is 13.4. The van der Waals surface area contributed by atoms with Gasteiger partial charge in [0.2, 0.25) is 12.7 Å². The number of carbonyl (C=O) groups excluding carboxylic acids is 1. The largest absolute Gasteiger partial charge is 0.454 e. The first-order valence-corrected chi connectivity index (χ1v) is 6.29. The molecule has 0 saturated heterocycles. The summed E-state index contributed by atoms with van der Waals surface area (Å²) in [5.41, 5.74) is 3.11. The number of hydroxylamine groups is 1. The molecule has 0 bridgehead atoms. The number of carbonyl (C=O) groups is 1. The van der Waals surface area contributed by atoms with Crippen LogP contribution in [-0.2, 0) is 16.1 Å². The number of hydrogen-bond donors (Lipinski definition) is 1. The number of rotatable bonds is 4. The van der Waals surface area contributed by atoms with Crippen molar-refractivity contribution in [1.29, 1.82) is 0 Å². The number of hydrogen-bond acceptors (Lipinski definition) is 4. The van der Waals surface area contributed by atoms with E-state index in [1.807, 2.05) is 39.0 Å². The second-order valence-corrected chi connectivity index (χ2v) is 5.43. The Kier molecular flexibility index (Phi) is 3.95. The molecule has 0 spiro atoms. The summed E-state index contributed by atoms with van der Waals surface area (Å²) in [6.07, 6.45) is 1.01. The monoisotopic (exact) mass is 265 g/mol. The van der Waals surface area contributed by atoms with Crippen molar-refractivity contribution in [3.8, 4) is 11.5 Å².